The van der Waals surface area contributed by atoms with E-state index in [0.717, 1.165) is 19.4 Å². The monoisotopic (exact) mass is 214 g/mol. The number of nitrogens with zero attached hydrogens (tertiary/aromatic N) is 4. The fourth-order valence-electron chi connectivity index (χ4n) is 0.674. The van der Waals surface area contributed by atoms with Gasteiger partial charge in [0, 0.05) is 12.1 Å². The molecule has 0 spiro atoms. The summed E-state index contributed by atoms with van der Waals surface area (Å²) >= 11 is 0. The van der Waals surface area contributed by atoms with Gasteiger partial charge >= 0.3 is 5.97 Å². The van der Waals surface area contributed by atoms with Gasteiger partial charge in [0.05, 0.1) is 0 Å². The van der Waals surface area contributed by atoms with Crippen molar-refractivity contribution in [1.29, 1.82) is 0 Å². The van der Waals surface area contributed by atoms with Gasteiger partial charge in [-0.3, -0.25) is 4.63 Å². The lowest BCUT2D eigenvalue weighted by Crippen LogP contribution is -2.28. The highest BCUT2D eigenvalue weighted by Gasteiger charge is 2.15. The largest absolute Gasteiger partial charge is 0.411 e. The summed E-state index contributed by atoms with van der Waals surface area (Å²) in [6.45, 7) is 1.16. The Labute approximate surface area is 82.8 Å². The van der Waals surface area contributed by atoms with Crippen molar-refractivity contribution < 1.29 is 24.4 Å². The van der Waals surface area contributed by atoms with E-state index in [0.29, 0.717) is 0 Å². The minimum atomic E-state index is -0.623. The lowest BCUT2D eigenvalue weighted by Gasteiger charge is -1.86. The van der Waals surface area contributed by atoms with E-state index in [-0.39, 0.29) is 16.3 Å². The van der Waals surface area contributed by atoms with E-state index >= 15 is 0 Å². The minimum Gasteiger partial charge on any atom is -0.411 e. The average molecular weight is 214 g/mol. The summed E-state index contributed by atoms with van der Waals surface area (Å²) in [5.74, 6) is -0.623. The molecular weight excluding hydrogens is 208 g/mol. The number of carbonyl (C=O) groups is 1. The molecule has 9 heteroatoms. The second-order valence-corrected chi connectivity index (χ2v) is 2.26. The van der Waals surface area contributed by atoms with Crippen LogP contribution in [-0.4, -0.2) is 28.8 Å². The Morgan fingerprint density at radius 1 is 1.73 bits per heavy atom. The van der Waals surface area contributed by atoms with Gasteiger partial charge in [0.25, 0.3) is 5.69 Å². The highest BCUT2D eigenvalue weighted by atomic mass is 16.8. The third-order valence-corrected chi connectivity index (χ3v) is 1.21. The molecule has 1 rings (SSSR count). The molecule has 1 N–H and O–H groups in total. The van der Waals surface area contributed by atoms with Crippen LogP contribution in [0.4, 0.5) is 0 Å². The first kappa shape index (κ1) is 10.6. The first-order chi connectivity index (χ1) is 7.15. The highest BCUT2D eigenvalue weighted by molar-refractivity contribution is 5.89. The maximum atomic E-state index is 10.8. The maximum Gasteiger partial charge on any atom is 0.331 e. The van der Waals surface area contributed by atoms with Crippen molar-refractivity contribution in [3.63, 3.8) is 0 Å². The summed E-state index contributed by atoms with van der Waals surface area (Å²) in [6, 6.07) is 0. The molecule has 0 saturated carbocycles. The zero-order valence-electron chi connectivity index (χ0n) is 7.52. The van der Waals surface area contributed by atoms with E-state index in [1.165, 1.54) is 0 Å². The highest BCUT2D eigenvalue weighted by Crippen LogP contribution is 1.94. The second kappa shape index (κ2) is 4.69. The summed E-state index contributed by atoms with van der Waals surface area (Å²) in [5, 5.41) is 28.2. The molecule has 0 aliphatic rings. The Morgan fingerprint density at radius 2 is 2.47 bits per heavy atom. The molecule has 15 heavy (non-hydrogen) atoms. The molecule has 0 radical (unpaired) electrons. The molecule has 1 aromatic heterocycles. The molecule has 9 nitrogen and oxygen atoms in total. The fourth-order valence-corrected chi connectivity index (χ4v) is 0.674. The predicted molar refractivity (Wildman–Crippen MR) is 44.2 cm³/mol. The standard InChI is InChI=1S/C6H6N4O5/c1-4(11)14-8-2-5-6(3-7-12)10(13)15-9-5/h2-3,12H,1H3/b7-3+,8-2-. The Balaban J connectivity index is 2.85. The molecule has 0 aliphatic carbocycles. The third kappa shape index (κ3) is 2.76. The summed E-state index contributed by atoms with van der Waals surface area (Å²) < 4.78 is 4.18. The van der Waals surface area contributed by atoms with Gasteiger partial charge in [-0.2, -0.15) is 0 Å². The number of rotatable bonds is 3. The van der Waals surface area contributed by atoms with Crippen LogP contribution < -0.4 is 4.90 Å². The van der Waals surface area contributed by atoms with Crippen molar-refractivity contribution in [2.45, 2.75) is 6.92 Å². The van der Waals surface area contributed by atoms with Crippen LogP contribution in [0, 0.1) is 5.21 Å². The topological polar surface area (TPSA) is 124 Å². The second-order valence-electron chi connectivity index (χ2n) is 2.26. The molecule has 0 aromatic carbocycles. The average Bonchev–Trinajstić information content (AvgIpc) is 2.50. The first-order valence-corrected chi connectivity index (χ1v) is 3.63. The van der Waals surface area contributed by atoms with Crippen LogP contribution in [0.2, 0.25) is 0 Å². The van der Waals surface area contributed by atoms with Crippen molar-refractivity contribution in [3.8, 4) is 0 Å². The molecule has 0 aliphatic heterocycles. The summed E-state index contributed by atoms with van der Waals surface area (Å²) in [4.78, 5) is 14.6. The summed E-state index contributed by atoms with van der Waals surface area (Å²) in [7, 11) is 0. The number of oxime groups is 2. The van der Waals surface area contributed by atoms with Gasteiger partial charge in [0.15, 0.2) is 0 Å². The van der Waals surface area contributed by atoms with Gasteiger partial charge in [-0.1, -0.05) is 10.3 Å². The van der Waals surface area contributed by atoms with Gasteiger partial charge < -0.3 is 15.3 Å². The SMILES string of the molecule is CC(=O)O/N=C\c1no[n+]([O-])c1/C=N/O. The fraction of sp³-hybridized carbons (Fsp3) is 0.167. The van der Waals surface area contributed by atoms with Crippen molar-refractivity contribution in [1.82, 2.24) is 5.16 Å². The van der Waals surface area contributed by atoms with Crippen LogP contribution in [0.25, 0.3) is 0 Å². The van der Waals surface area contributed by atoms with Crippen molar-refractivity contribution in [2.75, 3.05) is 0 Å². The Kier molecular flexibility index (Phi) is 3.33. The molecular formula is C6H6N4O5. The van der Waals surface area contributed by atoms with Gasteiger partial charge in [0.1, 0.15) is 12.4 Å². The van der Waals surface area contributed by atoms with Crippen molar-refractivity contribution in [2.24, 2.45) is 10.3 Å². The molecule has 0 bridgehead atoms. The van der Waals surface area contributed by atoms with Crippen LogP contribution in [0.1, 0.15) is 18.3 Å². The third-order valence-electron chi connectivity index (χ3n) is 1.21. The zero-order valence-corrected chi connectivity index (χ0v) is 7.52. The molecule has 0 atom stereocenters. The maximum absolute atomic E-state index is 10.8. The predicted octanol–water partition coefficient (Wildman–Crippen LogP) is -0.987. The van der Waals surface area contributed by atoms with Crippen LogP contribution in [0.5, 0.6) is 0 Å². The number of aromatic nitrogens is 2. The number of carbonyl (C=O) groups excluding carboxylic acids is 1. The van der Waals surface area contributed by atoms with E-state index in [2.05, 4.69) is 24.9 Å². The number of hydrogen-bond acceptors (Lipinski definition) is 8. The number of hydrogen-bond donors (Lipinski definition) is 1. The molecule has 0 fully saturated rings. The van der Waals surface area contributed by atoms with Crippen LogP contribution in [0.3, 0.4) is 0 Å². The van der Waals surface area contributed by atoms with E-state index in [4.69, 9.17) is 5.21 Å². The molecule has 0 saturated heterocycles. The molecule has 0 amide bonds. The van der Waals surface area contributed by atoms with Gasteiger partial charge in [-0.15, -0.1) is 0 Å². The van der Waals surface area contributed by atoms with Crippen LogP contribution in [0.15, 0.2) is 14.9 Å². The Bertz CT molecular complexity index is 410. The molecule has 80 valence electrons. The van der Waals surface area contributed by atoms with E-state index < -0.39 is 5.97 Å². The lowest BCUT2D eigenvalue weighted by molar-refractivity contribution is -0.803. The van der Waals surface area contributed by atoms with Gasteiger partial charge in [-0.05, 0) is 4.90 Å². The van der Waals surface area contributed by atoms with Gasteiger partial charge in [0.2, 0.25) is 5.69 Å². The Hall–Kier alpha value is -2.45. The molecule has 0 unspecified atom stereocenters. The van der Waals surface area contributed by atoms with Crippen molar-refractivity contribution in [3.05, 3.63) is 16.6 Å². The smallest absolute Gasteiger partial charge is 0.331 e. The van der Waals surface area contributed by atoms with Gasteiger partial charge in [-0.25, -0.2) is 4.79 Å². The molecule has 1 aromatic rings. The van der Waals surface area contributed by atoms with E-state index in [1.807, 2.05) is 0 Å². The zero-order chi connectivity index (χ0) is 11.3. The first-order valence-electron chi connectivity index (χ1n) is 3.63. The molecule has 1 heterocycles. The van der Waals surface area contributed by atoms with E-state index in [9.17, 15) is 10.0 Å². The van der Waals surface area contributed by atoms with E-state index in [1.54, 1.807) is 0 Å². The normalized spacial score (nSPS) is 11.3. The summed E-state index contributed by atoms with van der Waals surface area (Å²) in [6.07, 6.45) is 1.77. The lowest BCUT2D eigenvalue weighted by atomic mass is 10.3. The Morgan fingerprint density at radius 3 is 3.07 bits per heavy atom. The minimum absolute atomic E-state index is 0.00877. The quantitative estimate of drug-likeness (QED) is 0.226. The van der Waals surface area contributed by atoms with Crippen molar-refractivity contribution >= 4 is 18.4 Å². The van der Waals surface area contributed by atoms with Crippen LogP contribution in [-0.2, 0) is 9.63 Å². The van der Waals surface area contributed by atoms with Crippen LogP contribution >= 0.6 is 0 Å². The summed E-state index contributed by atoms with van der Waals surface area (Å²) in [5.41, 5.74) is -0.211.